The van der Waals surface area contributed by atoms with Gasteiger partial charge in [0.1, 0.15) is 5.82 Å². The average Bonchev–Trinajstić information content (AvgIpc) is 3.46. The number of hydrogen-bond acceptors (Lipinski definition) is 10. The van der Waals surface area contributed by atoms with E-state index in [4.69, 9.17) is 4.74 Å². The molecule has 2 fully saturated rings. The molecular weight excluding hydrogens is 486 g/mol. The second-order valence-corrected chi connectivity index (χ2v) is 10.5. The Morgan fingerprint density at radius 3 is 2.91 bits per heavy atom. The third-order valence-electron chi connectivity index (χ3n) is 5.77. The van der Waals surface area contributed by atoms with Gasteiger partial charge in [0.25, 0.3) is 0 Å². The van der Waals surface area contributed by atoms with Gasteiger partial charge in [0, 0.05) is 37.1 Å². The minimum Gasteiger partial charge on any atom is -0.379 e. The number of carbonyl (C=O) groups excluding carboxylic acids is 1. The zero-order valence-electron chi connectivity index (χ0n) is 18.9. The molecule has 0 spiro atoms. The number of hydrogen-bond donors (Lipinski definition) is 3. The highest BCUT2D eigenvalue weighted by Gasteiger charge is 2.22. The SMILES string of the molecule is O=C(NCCN1CCOCC1)Nc1nc2ccc(Sc3nnc4ccc(NC5CC5)nn34)cc2s1. The number of rotatable bonds is 8. The maximum Gasteiger partial charge on any atom is 0.321 e. The minimum atomic E-state index is -0.247. The van der Waals surface area contributed by atoms with Crippen molar-refractivity contribution in [2.45, 2.75) is 28.9 Å². The van der Waals surface area contributed by atoms with Crippen LogP contribution in [0, 0.1) is 0 Å². The van der Waals surface area contributed by atoms with Gasteiger partial charge in [0.05, 0.1) is 23.4 Å². The number of urea groups is 1. The third-order valence-corrected chi connectivity index (χ3v) is 7.63. The van der Waals surface area contributed by atoms with Crippen LogP contribution >= 0.6 is 23.1 Å². The molecule has 35 heavy (non-hydrogen) atoms. The fourth-order valence-corrected chi connectivity index (χ4v) is 5.57. The standard InChI is InChI=1S/C22H25N9O2S2/c32-20(23-7-8-30-9-11-33-12-10-30)26-21-25-16-4-3-15(13-17(16)35-21)34-22-28-27-19-6-5-18(29-31(19)22)24-14-1-2-14/h3-6,13-14H,1-2,7-12H2,(H,24,29)(H2,23,25,26,32). The van der Waals surface area contributed by atoms with Gasteiger partial charge in [0.2, 0.25) is 5.16 Å². The molecule has 2 aliphatic rings. The number of nitrogens with zero attached hydrogens (tertiary/aromatic N) is 6. The van der Waals surface area contributed by atoms with E-state index in [1.165, 1.54) is 35.9 Å². The van der Waals surface area contributed by atoms with Gasteiger partial charge < -0.3 is 15.4 Å². The minimum absolute atomic E-state index is 0.247. The lowest BCUT2D eigenvalue weighted by molar-refractivity contribution is 0.0388. The molecule has 1 saturated carbocycles. The first-order valence-corrected chi connectivity index (χ1v) is 13.3. The first-order chi connectivity index (χ1) is 17.2. The molecule has 0 unspecified atom stereocenters. The largest absolute Gasteiger partial charge is 0.379 e. The van der Waals surface area contributed by atoms with Crippen molar-refractivity contribution in [2.24, 2.45) is 0 Å². The van der Waals surface area contributed by atoms with Gasteiger partial charge in [-0.2, -0.15) is 4.52 Å². The number of carbonyl (C=O) groups is 1. The summed E-state index contributed by atoms with van der Waals surface area (Å²) in [5.41, 5.74) is 1.54. The molecular formula is C22H25N9O2S2. The molecule has 1 aromatic carbocycles. The van der Waals surface area contributed by atoms with E-state index >= 15 is 0 Å². The summed E-state index contributed by atoms with van der Waals surface area (Å²) < 4.78 is 8.09. The molecule has 3 N–H and O–H groups in total. The van der Waals surface area contributed by atoms with Crippen LogP contribution in [0.4, 0.5) is 15.7 Å². The van der Waals surface area contributed by atoms with Crippen molar-refractivity contribution in [3.63, 3.8) is 0 Å². The Morgan fingerprint density at radius 1 is 1.17 bits per heavy atom. The summed E-state index contributed by atoms with van der Waals surface area (Å²) in [7, 11) is 0. The van der Waals surface area contributed by atoms with E-state index in [1.54, 1.807) is 4.52 Å². The van der Waals surface area contributed by atoms with Crippen LogP contribution in [0.1, 0.15) is 12.8 Å². The maximum absolute atomic E-state index is 12.3. The zero-order valence-corrected chi connectivity index (χ0v) is 20.6. The molecule has 11 nitrogen and oxygen atoms in total. The monoisotopic (exact) mass is 511 g/mol. The molecule has 1 saturated heterocycles. The van der Waals surface area contributed by atoms with Gasteiger partial charge in [-0.1, -0.05) is 11.3 Å². The van der Waals surface area contributed by atoms with Gasteiger partial charge in [0.15, 0.2) is 10.8 Å². The molecule has 6 rings (SSSR count). The Bertz CT molecular complexity index is 1350. The first-order valence-electron chi connectivity index (χ1n) is 11.6. The van der Waals surface area contributed by atoms with Gasteiger partial charge >= 0.3 is 6.03 Å². The van der Waals surface area contributed by atoms with Crippen LogP contribution in [-0.4, -0.2) is 81.2 Å². The van der Waals surface area contributed by atoms with Crippen molar-refractivity contribution in [1.82, 2.24) is 35.0 Å². The number of benzene rings is 1. The van der Waals surface area contributed by atoms with Crippen LogP contribution in [0.15, 0.2) is 40.4 Å². The third kappa shape index (κ3) is 5.48. The van der Waals surface area contributed by atoms with Crippen molar-refractivity contribution in [1.29, 1.82) is 0 Å². The van der Waals surface area contributed by atoms with E-state index in [9.17, 15) is 4.79 Å². The molecule has 4 heterocycles. The summed E-state index contributed by atoms with van der Waals surface area (Å²) in [4.78, 5) is 20.1. The molecule has 1 aliphatic heterocycles. The average molecular weight is 512 g/mol. The highest BCUT2D eigenvalue weighted by atomic mass is 32.2. The normalized spacial score (nSPS) is 16.6. The van der Waals surface area contributed by atoms with E-state index in [1.807, 2.05) is 30.3 Å². The quantitative estimate of drug-likeness (QED) is 0.328. The van der Waals surface area contributed by atoms with Crippen LogP contribution in [0.25, 0.3) is 15.9 Å². The second-order valence-electron chi connectivity index (χ2n) is 8.48. The lowest BCUT2D eigenvalue weighted by Crippen LogP contribution is -2.42. The number of morpholine rings is 1. The van der Waals surface area contributed by atoms with Crippen LogP contribution < -0.4 is 16.0 Å². The number of fused-ring (bicyclic) bond motifs is 2. The summed E-state index contributed by atoms with van der Waals surface area (Å²) in [5.74, 6) is 0.832. The van der Waals surface area contributed by atoms with E-state index < -0.39 is 0 Å². The Kier molecular flexibility index (Phi) is 6.37. The predicted molar refractivity (Wildman–Crippen MR) is 135 cm³/mol. The van der Waals surface area contributed by atoms with Crippen LogP contribution in [0.5, 0.6) is 0 Å². The Hall–Kier alpha value is -3.00. The Balaban J connectivity index is 1.09. The second kappa shape index (κ2) is 9.93. The number of thiazole rings is 1. The first kappa shape index (κ1) is 22.5. The summed E-state index contributed by atoms with van der Waals surface area (Å²) in [6, 6.07) is 10.1. The van der Waals surface area contributed by atoms with E-state index in [0.717, 1.165) is 53.8 Å². The smallest absolute Gasteiger partial charge is 0.321 e. The van der Waals surface area contributed by atoms with E-state index in [-0.39, 0.29) is 6.03 Å². The molecule has 3 aromatic heterocycles. The van der Waals surface area contributed by atoms with Crippen molar-refractivity contribution < 1.29 is 9.53 Å². The molecule has 0 atom stereocenters. The zero-order chi connectivity index (χ0) is 23.6. The van der Waals surface area contributed by atoms with E-state index in [0.29, 0.717) is 28.5 Å². The number of ether oxygens (including phenoxy) is 1. The molecule has 0 bridgehead atoms. The molecule has 182 valence electrons. The van der Waals surface area contributed by atoms with Crippen LogP contribution in [0.2, 0.25) is 0 Å². The number of anilines is 2. The van der Waals surface area contributed by atoms with E-state index in [2.05, 4.69) is 41.1 Å². The summed E-state index contributed by atoms with van der Waals surface area (Å²) in [6.07, 6.45) is 2.37. The number of aromatic nitrogens is 5. The van der Waals surface area contributed by atoms with Gasteiger partial charge in [-0.05, 0) is 54.9 Å². The number of amides is 2. The van der Waals surface area contributed by atoms with Crippen LogP contribution in [-0.2, 0) is 4.74 Å². The van der Waals surface area contributed by atoms with Crippen molar-refractivity contribution in [2.75, 3.05) is 50.0 Å². The summed E-state index contributed by atoms with van der Waals surface area (Å²) >= 11 is 2.94. The molecule has 13 heteroatoms. The Morgan fingerprint density at radius 2 is 2.06 bits per heavy atom. The Labute approximate surface area is 209 Å². The molecule has 4 aromatic rings. The highest BCUT2D eigenvalue weighted by molar-refractivity contribution is 7.99. The lowest BCUT2D eigenvalue weighted by Gasteiger charge is -2.26. The molecule has 0 radical (unpaired) electrons. The van der Waals surface area contributed by atoms with Gasteiger partial charge in [-0.25, -0.2) is 9.78 Å². The fourth-order valence-electron chi connectivity index (χ4n) is 3.77. The van der Waals surface area contributed by atoms with Crippen molar-refractivity contribution in [3.8, 4) is 0 Å². The van der Waals surface area contributed by atoms with Crippen molar-refractivity contribution in [3.05, 3.63) is 30.3 Å². The van der Waals surface area contributed by atoms with Crippen LogP contribution in [0.3, 0.4) is 0 Å². The van der Waals surface area contributed by atoms with Crippen molar-refractivity contribution >= 4 is 55.9 Å². The molecule has 1 aliphatic carbocycles. The topological polar surface area (TPSA) is 122 Å². The highest BCUT2D eigenvalue weighted by Crippen LogP contribution is 2.33. The number of nitrogens with one attached hydrogen (secondary N) is 3. The van der Waals surface area contributed by atoms with Gasteiger partial charge in [-0.15, -0.1) is 15.3 Å². The maximum atomic E-state index is 12.3. The summed E-state index contributed by atoms with van der Waals surface area (Å²) in [5, 5.41) is 23.6. The lowest BCUT2D eigenvalue weighted by atomic mass is 10.3. The van der Waals surface area contributed by atoms with Gasteiger partial charge in [-0.3, -0.25) is 10.2 Å². The fraction of sp³-hybridized carbons (Fsp3) is 0.409. The summed E-state index contributed by atoms with van der Waals surface area (Å²) in [6.45, 7) is 4.69. The molecule has 2 amide bonds. The predicted octanol–water partition coefficient (Wildman–Crippen LogP) is 2.91.